The topological polar surface area (TPSA) is 102 Å². The lowest BCUT2D eigenvalue weighted by atomic mass is 10.0. The molecule has 2 heterocycles. The fourth-order valence-corrected chi connectivity index (χ4v) is 2.76. The molecule has 28 heavy (non-hydrogen) atoms. The summed E-state index contributed by atoms with van der Waals surface area (Å²) < 4.78 is 7.08. The number of aromatic nitrogens is 4. The van der Waals surface area contributed by atoms with E-state index < -0.39 is 17.6 Å². The van der Waals surface area contributed by atoms with Crippen LogP contribution in [0, 0.1) is 5.92 Å². The first kappa shape index (κ1) is 19.6. The number of H-pyrrole nitrogens is 1. The van der Waals surface area contributed by atoms with Gasteiger partial charge in [-0.25, -0.2) is 9.48 Å². The third-order valence-corrected chi connectivity index (χ3v) is 4.06. The van der Waals surface area contributed by atoms with Crippen LogP contribution in [0.15, 0.2) is 41.3 Å². The van der Waals surface area contributed by atoms with E-state index in [1.165, 1.54) is 6.20 Å². The van der Waals surface area contributed by atoms with E-state index in [0.29, 0.717) is 11.0 Å². The van der Waals surface area contributed by atoms with Crippen molar-refractivity contribution in [1.29, 1.82) is 0 Å². The van der Waals surface area contributed by atoms with Crippen LogP contribution in [-0.2, 0) is 9.53 Å². The molecule has 0 saturated heterocycles. The van der Waals surface area contributed by atoms with E-state index in [-0.39, 0.29) is 17.4 Å². The number of anilines is 1. The molecule has 3 rings (SSSR count). The van der Waals surface area contributed by atoms with Gasteiger partial charge in [0.15, 0.2) is 5.65 Å². The molecule has 2 N–H and O–H groups in total. The van der Waals surface area contributed by atoms with Gasteiger partial charge in [-0.3, -0.25) is 9.78 Å². The number of para-hydroxylation sites is 1. The van der Waals surface area contributed by atoms with Gasteiger partial charge in [0.1, 0.15) is 17.0 Å². The molecule has 1 atom stereocenters. The Morgan fingerprint density at radius 2 is 1.89 bits per heavy atom. The lowest BCUT2D eigenvalue weighted by molar-refractivity contribution is -0.156. The Bertz CT molecular complexity index is 1030. The molecular formula is C20H25N5O3. The fraction of sp³-hybridized carbons (Fsp3) is 0.400. The maximum atomic E-state index is 12.6. The molecule has 3 aromatic rings. The molecule has 0 aliphatic rings. The SMILES string of the molecule is CC(C)[C@@H](Nc1nc2c(cnn2-c2ccccc2)c(=O)[nH]1)C(=O)OC(C)(C)C. The number of benzene rings is 1. The Kier molecular flexibility index (Phi) is 5.22. The number of aromatic amines is 1. The molecule has 0 amide bonds. The van der Waals surface area contributed by atoms with E-state index in [1.54, 1.807) is 4.68 Å². The van der Waals surface area contributed by atoms with E-state index in [2.05, 4.69) is 20.4 Å². The van der Waals surface area contributed by atoms with Crippen LogP contribution in [0.1, 0.15) is 34.6 Å². The van der Waals surface area contributed by atoms with Gasteiger partial charge in [0.2, 0.25) is 5.95 Å². The van der Waals surface area contributed by atoms with Crippen molar-refractivity contribution in [3.8, 4) is 5.69 Å². The van der Waals surface area contributed by atoms with E-state index in [9.17, 15) is 9.59 Å². The van der Waals surface area contributed by atoms with Crippen LogP contribution in [0.5, 0.6) is 0 Å². The number of carbonyl (C=O) groups is 1. The summed E-state index contributed by atoms with van der Waals surface area (Å²) in [5.74, 6) is -0.281. The van der Waals surface area contributed by atoms with Crippen molar-refractivity contribution in [1.82, 2.24) is 19.7 Å². The summed E-state index contributed by atoms with van der Waals surface area (Å²) in [7, 11) is 0. The van der Waals surface area contributed by atoms with Gasteiger partial charge in [-0.1, -0.05) is 32.0 Å². The Morgan fingerprint density at radius 3 is 2.50 bits per heavy atom. The maximum Gasteiger partial charge on any atom is 0.329 e. The van der Waals surface area contributed by atoms with Crippen LogP contribution in [0.4, 0.5) is 5.95 Å². The summed E-state index contributed by atoms with van der Waals surface area (Å²) in [6, 6.07) is 8.75. The van der Waals surface area contributed by atoms with Gasteiger partial charge in [-0.2, -0.15) is 10.1 Å². The van der Waals surface area contributed by atoms with Crippen LogP contribution in [0.25, 0.3) is 16.7 Å². The first-order valence-corrected chi connectivity index (χ1v) is 9.18. The largest absolute Gasteiger partial charge is 0.458 e. The molecule has 8 nitrogen and oxygen atoms in total. The van der Waals surface area contributed by atoms with Gasteiger partial charge in [0.05, 0.1) is 11.9 Å². The fourth-order valence-electron chi connectivity index (χ4n) is 2.76. The van der Waals surface area contributed by atoms with Crippen molar-refractivity contribution in [3.63, 3.8) is 0 Å². The van der Waals surface area contributed by atoms with Crippen molar-refractivity contribution in [2.45, 2.75) is 46.3 Å². The normalized spacial score (nSPS) is 12.9. The van der Waals surface area contributed by atoms with E-state index >= 15 is 0 Å². The summed E-state index contributed by atoms with van der Waals surface area (Å²) in [6.45, 7) is 9.23. The number of carbonyl (C=O) groups excluding carboxylic acids is 1. The second kappa shape index (κ2) is 7.46. The average Bonchev–Trinajstić information content (AvgIpc) is 3.03. The molecule has 1 aromatic carbocycles. The zero-order valence-electron chi connectivity index (χ0n) is 16.7. The van der Waals surface area contributed by atoms with Crippen molar-refractivity contribution in [2.24, 2.45) is 5.92 Å². The van der Waals surface area contributed by atoms with Crippen molar-refractivity contribution < 1.29 is 9.53 Å². The van der Waals surface area contributed by atoms with Gasteiger partial charge in [-0.05, 0) is 38.8 Å². The minimum atomic E-state index is -0.659. The number of fused-ring (bicyclic) bond motifs is 1. The van der Waals surface area contributed by atoms with E-state index in [4.69, 9.17) is 4.74 Å². The second-order valence-electron chi connectivity index (χ2n) is 7.94. The third-order valence-electron chi connectivity index (χ3n) is 4.06. The number of nitrogens with one attached hydrogen (secondary N) is 2. The summed E-state index contributed by atoms with van der Waals surface area (Å²) >= 11 is 0. The molecular weight excluding hydrogens is 358 g/mol. The minimum Gasteiger partial charge on any atom is -0.458 e. The molecule has 8 heteroatoms. The molecule has 0 aliphatic carbocycles. The summed E-state index contributed by atoms with van der Waals surface area (Å²) in [5, 5.41) is 7.67. The first-order chi connectivity index (χ1) is 13.2. The molecule has 0 fully saturated rings. The molecule has 0 spiro atoms. The number of hydrogen-bond acceptors (Lipinski definition) is 6. The summed E-state index contributed by atoms with van der Waals surface area (Å²) in [6.07, 6.45) is 1.48. The maximum absolute atomic E-state index is 12.6. The highest BCUT2D eigenvalue weighted by Crippen LogP contribution is 2.18. The van der Waals surface area contributed by atoms with Crippen LogP contribution in [-0.4, -0.2) is 37.4 Å². The molecule has 148 valence electrons. The van der Waals surface area contributed by atoms with Crippen molar-refractivity contribution in [2.75, 3.05) is 5.32 Å². The standard InChI is InChI=1S/C20H25N5O3/c1-12(2)15(18(27)28-20(3,4)5)22-19-23-16-14(17(26)24-19)11-21-25(16)13-9-7-6-8-10-13/h6-12,15H,1-5H3,(H2,22,23,24,26)/t15-/m1/s1. The Hall–Kier alpha value is -3.16. The Balaban J connectivity index is 1.98. The lowest BCUT2D eigenvalue weighted by Gasteiger charge is -2.26. The van der Waals surface area contributed by atoms with Gasteiger partial charge >= 0.3 is 5.97 Å². The van der Waals surface area contributed by atoms with Crippen LogP contribution in [0.3, 0.4) is 0 Å². The zero-order chi connectivity index (χ0) is 20.5. The molecule has 0 saturated carbocycles. The number of nitrogens with zero attached hydrogens (tertiary/aromatic N) is 3. The van der Waals surface area contributed by atoms with Gasteiger partial charge in [0, 0.05) is 0 Å². The smallest absolute Gasteiger partial charge is 0.329 e. The average molecular weight is 383 g/mol. The lowest BCUT2D eigenvalue weighted by Crippen LogP contribution is -2.40. The van der Waals surface area contributed by atoms with Crippen LogP contribution in [0.2, 0.25) is 0 Å². The molecule has 0 unspecified atom stereocenters. The zero-order valence-corrected chi connectivity index (χ0v) is 16.7. The third kappa shape index (κ3) is 4.21. The highest BCUT2D eigenvalue weighted by Gasteiger charge is 2.28. The molecule has 0 radical (unpaired) electrons. The molecule has 0 aliphatic heterocycles. The summed E-state index contributed by atoms with van der Waals surface area (Å²) in [4.78, 5) is 32.2. The Morgan fingerprint density at radius 1 is 1.21 bits per heavy atom. The van der Waals surface area contributed by atoms with Crippen molar-refractivity contribution >= 4 is 23.0 Å². The molecule has 2 aromatic heterocycles. The van der Waals surface area contributed by atoms with Gasteiger partial charge in [-0.15, -0.1) is 0 Å². The second-order valence-corrected chi connectivity index (χ2v) is 7.94. The van der Waals surface area contributed by atoms with Crippen LogP contribution < -0.4 is 10.9 Å². The highest BCUT2D eigenvalue weighted by atomic mass is 16.6. The number of hydrogen-bond donors (Lipinski definition) is 2. The Labute approximate surface area is 162 Å². The number of ether oxygens (including phenoxy) is 1. The predicted molar refractivity (Wildman–Crippen MR) is 108 cm³/mol. The van der Waals surface area contributed by atoms with E-state index in [1.807, 2.05) is 65.0 Å². The monoisotopic (exact) mass is 383 g/mol. The van der Waals surface area contributed by atoms with Gasteiger partial charge < -0.3 is 10.1 Å². The summed E-state index contributed by atoms with van der Waals surface area (Å²) in [5.41, 5.74) is 0.252. The highest BCUT2D eigenvalue weighted by molar-refractivity contribution is 5.80. The minimum absolute atomic E-state index is 0.0742. The quantitative estimate of drug-likeness (QED) is 0.657. The van der Waals surface area contributed by atoms with Crippen molar-refractivity contribution in [3.05, 3.63) is 46.9 Å². The predicted octanol–water partition coefficient (Wildman–Crippen LogP) is 2.89. The van der Waals surface area contributed by atoms with Gasteiger partial charge in [0.25, 0.3) is 5.56 Å². The number of esters is 1. The van der Waals surface area contributed by atoms with E-state index in [0.717, 1.165) is 5.69 Å². The van der Waals surface area contributed by atoms with Crippen LogP contribution >= 0.6 is 0 Å². The first-order valence-electron chi connectivity index (χ1n) is 9.18. The molecule has 0 bridgehead atoms. The number of rotatable bonds is 5.